The first-order valence-electron chi connectivity index (χ1n) is 13.0. The molecule has 38 heavy (non-hydrogen) atoms. The van der Waals surface area contributed by atoms with Gasteiger partial charge >= 0.3 is 12.2 Å². The highest BCUT2D eigenvalue weighted by molar-refractivity contribution is 5.89. The number of fused-ring (bicyclic) bond motifs is 1. The number of methoxy groups -OCH3 is 2. The number of urea groups is 1. The minimum atomic E-state index is -4.84. The van der Waals surface area contributed by atoms with Crippen LogP contribution in [0.25, 0.3) is 0 Å². The summed E-state index contributed by atoms with van der Waals surface area (Å²) in [7, 11) is 3.24. The van der Waals surface area contributed by atoms with Crippen molar-refractivity contribution in [1.82, 2.24) is 10.2 Å². The van der Waals surface area contributed by atoms with Gasteiger partial charge in [0.2, 0.25) is 0 Å². The molecule has 10 heteroatoms. The van der Waals surface area contributed by atoms with E-state index >= 15 is 0 Å². The van der Waals surface area contributed by atoms with Crippen LogP contribution in [0.1, 0.15) is 49.7 Å². The number of halogens is 4. The predicted molar refractivity (Wildman–Crippen MR) is 135 cm³/mol. The van der Waals surface area contributed by atoms with Crippen molar-refractivity contribution in [3.63, 3.8) is 0 Å². The third kappa shape index (κ3) is 5.28. The summed E-state index contributed by atoms with van der Waals surface area (Å²) in [6.45, 7) is 2.01. The lowest BCUT2D eigenvalue weighted by Gasteiger charge is -2.45. The molecular formula is C28H33F4N3O3. The Hall–Kier alpha value is -3.01. The first-order chi connectivity index (χ1) is 18.1. The van der Waals surface area contributed by atoms with Crippen LogP contribution in [0.5, 0.6) is 11.5 Å². The number of nitrogens with zero attached hydrogens (tertiary/aromatic N) is 1. The molecule has 2 aromatic carbocycles. The molecule has 0 bridgehead atoms. The Labute approximate surface area is 219 Å². The van der Waals surface area contributed by atoms with Gasteiger partial charge in [0, 0.05) is 29.7 Å². The number of carbonyl (C=O) groups is 1. The molecule has 0 spiro atoms. The number of hydrogen-bond acceptors (Lipinski definition) is 4. The van der Waals surface area contributed by atoms with Crippen LogP contribution >= 0.6 is 0 Å². The van der Waals surface area contributed by atoms with Crippen LogP contribution in [0, 0.1) is 11.7 Å². The minimum absolute atomic E-state index is 0.0817. The second-order valence-electron chi connectivity index (χ2n) is 10.7. The molecule has 3 aliphatic rings. The molecule has 2 aromatic rings. The Balaban J connectivity index is 1.32. The number of amides is 2. The number of ether oxygens (including phenoxy) is 2. The van der Waals surface area contributed by atoms with E-state index < -0.39 is 23.6 Å². The quantitative estimate of drug-likeness (QED) is 0.430. The Morgan fingerprint density at radius 2 is 1.82 bits per heavy atom. The highest BCUT2D eigenvalue weighted by atomic mass is 19.4. The SMILES string of the molecule is COc1ccc([C@@]23CC[C@@H](NC(=O)Nc4ccc(F)c(C(F)(F)F)c4)C[C@@H]2N(CC2CC2)CC3)cc1OC. The fraction of sp³-hybridized carbons (Fsp3) is 0.536. The van der Waals surface area contributed by atoms with Crippen molar-refractivity contribution in [1.29, 1.82) is 0 Å². The van der Waals surface area contributed by atoms with Gasteiger partial charge in [0.05, 0.1) is 19.8 Å². The number of likely N-dealkylation sites (tertiary alicyclic amines) is 1. The second-order valence-corrected chi connectivity index (χ2v) is 10.7. The van der Waals surface area contributed by atoms with Crippen molar-refractivity contribution in [2.75, 3.05) is 32.6 Å². The lowest BCUT2D eigenvalue weighted by molar-refractivity contribution is -0.139. The van der Waals surface area contributed by atoms with Crippen LogP contribution in [0.2, 0.25) is 0 Å². The summed E-state index contributed by atoms with van der Waals surface area (Å²) >= 11 is 0. The maximum Gasteiger partial charge on any atom is 0.419 e. The van der Waals surface area contributed by atoms with Gasteiger partial charge in [-0.3, -0.25) is 4.90 Å². The standard InChI is InChI=1S/C28H33F4N3O3/c1-37-23-8-5-18(13-24(23)38-2)27-10-9-20(15-25(27)35(12-11-27)16-17-3-4-17)34-26(36)33-19-6-7-22(29)21(14-19)28(30,31)32/h5-8,13-14,17,20,25H,3-4,9-12,15-16H2,1-2H3,(H2,33,34,36)/t20-,25+,27+/m1/s1. The van der Waals surface area contributed by atoms with Crippen molar-refractivity contribution in [2.24, 2.45) is 5.92 Å². The summed E-state index contributed by atoms with van der Waals surface area (Å²) in [5, 5.41) is 5.41. The van der Waals surface area contributed by atoms with Crippen LogP contribution in [-0.2, 0) is 11.6 Å². The predicted octanol–water partition coefficient (Wildman–Crippen LogP) is 5.96. The van der Waals surface area contributed by atoms with Crippen LogP contribution in [0.3, 0.4) is 0 Å². The summed E-state index contributed by atoms with van der Waals surface area (Å²) in [5.74, 6) is 0.711. The number of rotatable bonds is 7. The molecule has 1 aliphatic heterocycles. The molecule has 2 amide bonds. The molecule has 1 saturated heterocycles. The topological polar surface area (TPSA) is 62.8 Å². The summed E-state index contributed by atoms with van der Waals surface area (Å²) < 4.78 is 63.9. The lowest BCUT2D eigenvalue weighted by atomic mass is 9.65. The summed E-state index contributed by atoms with van der Waals surface area (Å²) in [6, 6.07) is 8.05. The van der Waals surface area contributed by atoms with Crippen molar-refractivity contribution < 1.29 is 31.8 Å². The van der Waals surface area contributed by atoms with Crippen molar-refractivity contribution >= 4 is 11.7 Å². The van der Waals surface area contributed by atoms with Gasteiger partial charge < -0.3 is 20.1 Å². The Bertz CT molecular complexity index is 1190. The average molecular weight is 536 g/mol. The van der Waals surface area contributed by atoms with E-state index in [0.29, 0.717) is 29.5 Å². The monoisotopic (exact) mass is 535 g/mol. The van der Waals surface area contributed by atoms with Gasteiger partial charge in [-0.1, -0.05) is 6.07 Å². The van der Waals surface area contributed by atoms with E-state index in [0.717, 1.165) is 44.8 Å². The number of hydrogen-bond donors (Lipinski definition) is 2. The van der Waals surface area contributed by atoms with E-state index in [1.54, 1.807) is 14.2 Å². The first-order valence-corrected chi connectivity index (χ1v) is 13.0. The normalized spacial score (nSPS) is 25.5. The Kier molecular flexibility index (Phi) is 7.19. The van der Waals surface area contributed by atoms with E-state index in [2.05, 4.69) is 27.7 Å². The number of carbonyl (C=O) groups excluding carboxylic acids is 1. The van der Waals surface area contributed by atoms with Crippen LogP contribution < -0.4 is 20.1 Å². The minimum Gasteiger partial charge on any atom is -0.493 e. The van der Waals surface area contributed by atoms with Crippen LogP contribution in [0.4, 0.5) is 28.0 Å². The van der Waals surface area contributed by atoms with Gasteiger partial charge in [0.25, 0.3) is 0 Å². The van der Waals surface area contributed by atoms with E-state index in [4.69, 9.17) is 9.47 Å². The molecule has 2 aliphatic carbocycles. The van der Waals surface area contributed by atoms with E-state index in [9.17, 15) is 22.4 Å². The van der Waals surface area contributed by atoms with Gasteiger partial charge in [-0.2, -0.15) is 13.2 Å². The number of alkyl halides is 3. The molecule has 6 nitrogen and oxygen atoms in total. The number of benzene rings is 2. The molecule has 1 heterocycles. The fourth-order valence-corrected chi connectivity index (χ4v) is 6.28. The van der Waals surface area contributed by atoms with E-state index in [-0.39, 0.29) is 23.2 Å². The van der Waals surface area contributed by atoms with Gasteiger partial charge in [0.15, 0.2) is 11.5 Å². The molecule has 2 saturated carbocycles. The molecule has 0 aromatic heterocycles. The lowest BCUT2D eigenvalue weighted by Crippen LogP contribution is -2.53. The van der Waals surface area contributed by atoms with Gasteiger partial charge in [-0.25, -0.2) is 9.18 Å². The first kappa shape index (κ1) is 26.6. The summed E-state index contributed by atoms with van der Waals surface area (Å²) in [5.41, 5.74) is -0.397. The van der Waals surface area contributed by atoms with Gasteiger partial charge in [-0.15, -0.1) is 0 Å². The smallest absolute Gasteiger partial charge is 0.419 e. The average Bonchev–Trinajstić information content (AvgIpc) is 3.64. The fourth-order valence-electron chi connectivity index (χ4n) is 6.28. The summed E-state index contributed by atoms with van der Waals surface area (Å²) in [6.07, 6.45) is 0.964. The van der Waals surface area contributed by atoms with Crippen molar-refractivity contribution in [2.45, 2.75) is 62.2 Å². The zero-order valence-electron chi connectivity index (χ0n) is 21.5. The van der Waals surface area contributed by atoms with Crippen LogP contribution in [0.15, 0.2) is 36.4 Å². The van der Waals surface area contributed by atoms with Gasteiger partial charge in [-0.05, 0) is 86.9 Å². The molecule has 5 rings (SSSR count). The molecular weight excluding hydrogens is 502 g/mol. The molecule has 2 N–H and O–H groups in total. The maximum absolute atomic E-state index is 13.6. The molecule has 0 radical (unpaired) electrons. The molecule has 3 atom stereocenters. The highest BCUT2D eigenvalue weighted by Crippen LogP contribution is 2.51. The van der Waals surface area contributed by atoms with Crippen LogP contribution in [-0.4, -0.2) is 50.3 Å². The van der Waals surface area contributed by atoms with Crippen molar-refractivity contribution in [3.8, 4) is 11.5 Å². The zero-order valence-corrected chi connectivity index (χ0v) is 21.5. The largest absolute Gasteiger partial charge is 0.493 e. The number of nitrogens with one attached hydrogen (secondary N) is 2. The molecule has 206 valence electrons. The zero-order chi connectivity index (χ0) is 27.1. The van der Waals surface area contributed by atoms with Gasteiger partial charge in [0.1, 0.15) is 5.82 Å². The van der Waals surface area contributed by atoms with E-state index in [1.807, 2.05) is 6.07 Å². The third-order valence-corrected chi connectivity index (χ3v) is 8.38. The summed E-state index contributed by atoms with van der Waals surface area (Å²) in [4.78, 5) is 15.3. The molecule has 3 fully saturated rings. The molecule has 0 unspecified atom stereocenters. The second kappa shape index (κ2) is 10.3. The highest BCUT2D eigenvalue weighted by Gasteiger charge is 2.52. The van der Waals surface area contributed by atoms with E-state index in [1.165, 1.54) is 18.4 Å². The maximum atomic E-state index is 13.6. The Morgan fingerprint density at radius 3 is 2.50 bits per heavy atom. The number of anilines is 1. The third-order valence-electron chi connectivity index (χ3n) is 8.38. The van der Waals surface area contributed by atoms with Crippen molar-refractivity contribution in [3.05, 3.63) is 53.3 Å². The Morgan fingerprint density at radius 1 is 1.05 bits per heavy atom.